The van der Waals surface area contributed by atoms with E-state index in [0.29, 0.717) is 6.04 Å². The van der Waals surface area contributed by atoms with E-state index in [1.54, 1.807) is 0 Å². The summed E-state index contributed by atoms with van der Waals surface area (Å²) in [6, 6.07) is 0.362. The molecule has 0 spiro atoms. The molecule has 3 heteroatoms. The van der Waals surface area contributed by atoms with E-state index in [1.165, 1.54) is 11.3 Å². The van der Waals surface area contributed by atoms with Crippen molar-refractivity contribution < 1.29 is 0 Å². The molecule has 15 heavy (non-hydrogen) atoms. The number of nitrogens with one attached hydrogen (secondary N) is 1. The maximum Gasteiger partial charge on any atom is 0.0669 e. The first-order chi connectivity index (χ1) is 6.90. The van der Waals surface area contributed by atoms with Gasteiger partial charge in [0.15, 0.2) is 0 Å². The fourth-order valence-electron chi connectivity index (χ4n) is 2.12. The highest BCUT2D eigenvalue weighted by Gasteiger charge is 2.27. The van der Waals surface area contributed by atoms with Crippen LogP contribution >= 0.6 is 0 Å². The third kappa shape index (κ3) is 2.59. The number of aryl methyl sites for hydroxylation is 2. The summed E-state index contributed by atoms with van der Waals surface area (Å²) < 4.78 is 1.91. The molecular formula is C12H23N3. The van der Waals surface area contributed by atoms with Crippen LogP contribution in [-0.4, -0.2) is 16.8 Å². The number of aromatic nitrogens is 2. The first-order valence-corrected chi connectivity index (χ1v) is 5.59. The topological polar surface area (TPSA) is 29.9 Å². The van der Waals surface area contributed by atoms with E-state index in [-0.39, 0.29) is 5.41 Å². The normalized spacial score (nSPS) is 14.3. The molecule has 0 aliphatic rings. The van der Waals surface area contributed by atoms with Gasteiger partial charge in [-0.2, -0.15) is 5.10 Å². The van der Waals surface area contributed by atoms with Crippen molar-refractivity contribution in [2.45, 2.75) is 40.2 Å². The second-order valence-electron chi connectivity index (χ2n) is 5.15. The minimum Gasteiger partial charge on any atom is -0.312 e. The minimum absolute atomic E-state index is 0.210. The Balaban J connectivity index is 3.11. The molecule has 1 atom stereocenters. The molecule has 0 fully saturated rings. The second-order valence-corrected chi connectivity index (χ2v) is 5.15. The van der Waals surface area contributed by atoms with Crippen LogP contribution in [0.2, 0.25) is 0 Å². The standard InChI is InChI=1S/C12H23N3/c1-7-10-9(8-15(6)14-10)11(13-5)12(2,3)4/h8,11,13H,7H2,1-6H3. The molecule has 1 unspecified atom stereocenters. The van der Waals surface area contributed by atoms with Crippen molar-refractivity contribution in [3.8, 4) is 0 Å². The smallest absolute Gasteiger partial charge is 0.0669 e. The first-order valence-electron chi connectivity index (χ1n) is 5.59. The highest BCUT2D eigenvalue weighted by Crippen LogP contribution is 2.33. The maximum absolute atomic E-state index is 4.49. The van der Waals surface area contributed by atoms with Crippen molar-refractivity contribution in [1.82, 2.24) is 15.1 Å². The van der Waals surface area contributed by atoms with Crippen molar-refractivity contribution >= 4 is 0 Å². The summed E-state index contributed by atoms with van der Waals surface area (Å²) in [5, 5.41) is 7.88. The van der Waals surface area contributed by atoms with Crippen LogP contribution in [0.3, 0.4) is 0 Å². The van der Waals surface area contributed by atoms with Gasteiger partial charge in [-0.25, -0.2) is 0 Å². The quantitative estimate of drug-likeness (QED) is 0.827. The van der Waals surface area contributed by atoms with E-state index in [0.717, 1.165) is 6.42 Å². The van der Waals surface area contributed by atoms with Crippen molar-refractivity contribution in [2.75, 3.05) is 7.05 Å². The van der Waals surface area contributed by atoms with Crippen molar-refractivity contribution in [2.24, 2.45) is 12.5 Å². The lowest BCUT2D eigenvalue weighted by molar-refractivity contribution is 0.285. The van der Waals surface area contributed by atoms with Crippen LogP contribution in [0.15, 0.2) is 6.20 Å². The van der Waals surface area contributed by atoms with Crippen LogP contribution in [0, 0.1) is 5.41 Å². The average Bonchev–Trinajstić information content (AvgIpc) is 2.45. The largest absolute Gasteiger partial charge is 0.312 e. The third-order valence-electron chi connectivity index (χ3n) is 2.74. The van der Waals surface area contributed by atoms with Gasteiger partial charge in [0.25, 0.3) is 0 Å². The lowest BCUT2D eigenvalue weighted by Crippen LogP contribution is -2.30. The second kappa shape index (κ2) is 4.35. The fraction of sp³-hybridized carbons (Fsp3) is 0.750. The molecular weight excluding hydrogens is 186 g/mol. The Labute approximate surface area is 92.9 Å². The molecule has 0 bridgehead atoms. The summed E-state index contributed by atoms with van der Waals surface area (Å²) in [4.78, 5) is 0. The predicted octanol–water partition coefficient (Wildman–Crippen LogP) is 2.29. The minimum atomic E-state index is 0.210. The summed E-state index contributed by atoms with van der Waals surface area (Å²) in [7, 11) is 4.00. The van der Waals surface area contributed by atoms with Gasteiger partial charge in [-0.3, -0.25) is 4.68 Å². The molecule has 0 radical (unpaired) electrons. The first kappa shape index (κ1) is 12.2. The van der Waals surface area contributed by atoms with Crippen molar-refractivity contribution in [3.05, 3.63) is 17.5 Å². The molecule has 3 nitrogen and oxygen atoms in total. The van der Waals surface area contributed by atoms with E-state index in [4.69, 9.17) is 0 Å². The van der Waals surface area contributed by atoms with Gasteiger partial charge < -0.3 is 5.32 Å². The molecule has 1 heterocycles. The zero-order valence-corrected chi connectivity index (χ0v) is 10.8. The van der Waals surface area contributed by atoms with Crippen molar-refractivity contribution in [3.63, 3.8) is 0 Å². The number of nitrogens with zero attached hydrogens (tertiary/aromatic N) is 2. The highest BCUT2D eigenvalue weighted by atomic mass is 15.3. The molecule has 1 N–H and O–H groups in total. The summed E-state index contributed by atoms with van der Waals surface area (Å²) in [6.07, 6.45) is 3.12. The van der Waals surface area contributed by atoms with E-state index in [9.17, 15) is 0 Å². The van der Waals surface area contributed by atoms with Gasteiger partial charge in [-0.15, -0.1) is 0 Å². The Hall–Kier alpha value is -0.830. The van der Waals surface area contributed by atoms with Gasteiger partial charge in [0.2, 0.25) is 0 Å². The number of hydrogen-bond donors (Lipinski definition) is 1. The van der Waals surface area contributed by atoms with Crippen LogP contribution in [0.5, 0.6) is 0 Å². The molecule has 1 aromatic heterocycles. The highest BCUT2D eigenvalue weighted by molar-refractivity contribution is 5.23. The van der Waals surface area contributed by atoms with Crippen LogP contribution in [-0.2, 0) is 13.5 Å². The SMILES string of the molecule is CCc1nn(C)cc1C(NC)C(C)(C)C. The fourth-order valence-corrected chi connectivity index (χ4v) is 2.12. The van der Waals surface area contributed by atoms with Crippen LogP contribution in [0.1, 0.15) is 45.0 Å². The lowest BCUT2D eigenvalue weighted by atomic mass is 9.82. The zero-order valence-electron chi connectivity index (χ0n) is 10.8. The van der Waals surface area contributed by atoms with Crippen LogP contribution in [0.4, 0.5) is 0 Å². The van der Waals surface area contributed by atoms with Gasteiger partial charge in [-0.05, 0) is 18.9 Å². The molecule has 0 saturated heterocycles. The molecule has 0 aliphatic heterocycles. The molecule has 86 valence electrons. The molecule has 0 aromatic carbocycles. The Morgan fingerprint density at radius 2 is 2.07 bits per heavy atom. The molecule has 1 rings (SSSR count). The monoisotopic (exact) mass is 209 g/mol. The van der Waals surface area contributed by atoms with Gasteiger partial charge >= 0.3 is 0 Å². The third-order valence-corrected chi connectivity index (χ3v) is 2.74. The van der Waals surface area contributed by atoms with E-state index < -0.39 is 0 Å². The van der Waals surface area contributed by atoms with E-state index >= 15 is 0 Å². The summed E-state index contributed by atoms with van der Waals surface area (Å²) in [6.45, 7) is 8.91. The van der Waals surface area contributed by atoms with Gasteiger partial charge in [0.1, 0.15) is 0 Å². The number of rotatable bonds is 3. The van der Waals surface area contributed by atoms with Gasteiger partial charge in [-0.1, -0.05) is 27.7 Å². The summed E-state index contributed by atoms with van der Waals surface area (Å²) in [5.41, 5.74) is 2.74. The average molecular weight is 209 g/mol. The maximum atomic E-state index is 4.49. The van der Waals surface area contributed by atoms with Gasteiger partial charge in [0, 0.05) is 24.8 Å². The summed E-state index contributed by atoms with van der Waals surface area (Å²) in [5.74, 6) is 0. The lowest BCUT2D eigenvalue weighted by Gasteiger charge is -2.30. The zero-order chi connectivity index (χ0) is 11.6. The Morgan fingerprint density at radius 3 is 2.47 bits per heavy atom. The Morgan fingerprint density at radius 1 is 1.47 bits per heavy atom. The van der Waals surface area contributed by atoms with E-state index in [2.05, 4.69) is 44.3 Å². The van der Waals surface area contributed by atoms with Crippen LogP contribution < -0.4 is 5.32 Å². The van der Waals surface area contributed by atoms with Crippen molar-refractivity contribution in [1.29, 1.82) is 0 Å². The Bertz CT molecular complexity index is 320. The molecule has 0 amide bonds. The molecule has 0 aliphatic carbocycles. The van der Waals surface area contributed by atoms with Gasteiger partial charge in [0.05, 0.1) is 5.69 Å². The summed E-state index contributed by atoms with van der Waals surface area (Å²) >= 11 is 0. The molecule has 1 aromatic rings. The Kier molecular flexibility index (Phi) is 3.55. The number of hydrogen-bond acceptors (Lipinski definition) is 2. The van der Waals surface area contributed by atoms with E-state index in [1.807, 2.05) is 18.8 Å². The molecule has 0 saturated carbocycles. The predicted molar refractivity (Wildman–Crippen MR) is 63.8 cm³/mol. The van der Waals surface area contributed by atoms with Crippen LogP contribution in [0.25, 0.3) is 0 Å².